The first-order valence-corrected chi connectivity index (χ1v) is 9.02. The fourth-order valence-corrected chi connectivity index (χ4v) is 4.28. The summed E-state index contributed by atoms with van der Waals surface area (Å²) in [7, 11) is -3.24. The van der Waals surface area contributed by atoms with E-state index >= 15 is 0 Å². The first kappa shape index (κ1) is 15.2. The fraction of sp³-hybridized carbons (Fsp3) is 1.00. The van der Waals surface area contributed by atoms with E-state index in [4.69, 9.17) is 0 Å². The second-order valence-corrected chi connectivity index (χ2v) is 7.50. The number of hydrogen-bond acceptors (Lipinski definition) is 3. The summed E-state index contributed by atoms with van der Waals surface area (Å²) in [6.45, 7) is 6.05. The van der Waals surface area contributed by atoms with Gasteiger partial charge in [0.2, 0.25) is 0 Å². The van der Waals surface area contributed by atoms with Gasteiger partial charge < -0.3 is 0 Å². The van der Waals surface area contributed by atoms with Crippen LogP contribution in [0.2, 0.25) is 0 Å². The molecule has 0 unspecified atom stereocenters. The van der Waals surface area contributed by atoms with E-state index < -0.39 is 10.2 Å². The van der Waals surface area contributed by atoms with Crippen LogP contribution in [0.1, 0.15) is 45.4 Å². The first-order valence-electron chi connectivity index (χ1n) is 7.58. The first-order chi connectivity index (χ1) is 9.09. The molecule has 2 aliphatic heterocycles. The second kappa shape index (κ2) is 7.02. The van der Waals surface area contributed by atoms with Crippen LogP contribution >= 0.6 is 0 Å². The minimum Gasteiger partial charge on any atom is -0.299 e. The van der Waals surface area contributed by atoms with Gasteiger partial charge in [-0.3, -0.25) is 4.90 Å². The summed E-state index contributed by atoms with van der Waals surface area (Å²) in [4.78, 5) is 2.39. The maximum absolute atomic E-state index is 12.1. The van der Waals surface area contributed by atoms with Gasteiger partial charge >= 0.3 is 0 Å². The van der Waals surface area contributed by atoms with Crippen molar-refractivity contribution in [3.05, 3.63) is 0 Å². The van der Waals surface area contributed by atoms with E-state index in [1.54, 1.807) is 4.31 Å². The van der Waals surface area contributed by atoms with Crippen LogP contribution in [-0.4, -0.2) is 56.4 Å². The third kappa shape index (κ3) is 4.41. The lowest BCUT2D eigenvalue weighted by molar-refractivity contribution is 0.164. The lowest BCUT2D eigenvalue weighted by Gasteiger charge is -2.33. The Hall–Kier alpha value is -0.170. The Bertz CT molecular complexity index is 366. The molecule has 0 aromatic heterocycles. The highest BCUT2D eigenvalue weighted by atomic mass is 32.2. The average molecular weight is 289 g/mol. The number of nitrogens with one attached hydrogen (secondary N) is 1. The lowest BCUT2D eigenvalue weighted by Crippen LogP contribution is -2.47. The van der Waals surface area contributed by atoms with Crippen molar-refractivity contribution in [2.45, 2.75) is 51.5 Å². The van der Waals surface area contributed by atoms with Crippen LogP contribution in [0.25, 0.3) is 0 Å². The molecular formula is C13H27N3O2S. The zero-order valence-corrected chi connectivity index (χ0v) is 12.8. The predicted molar refractivity (Wildman–Crippen MR) is 77.2 cm³/mol. The standard InChI is InChI=1S/C13H27N3O2S/c1-13-7-3-6-9-15(13)12-8-14-19(17,18)16-10-4-2-5-11-16/h13-14H,2-12H2,1H3/t13-/m0/s1. The molecule has 2 saturated heterocycles. The second-order valence-electron chi connectivity index (χ2n) is 5.74. The molecule has 0 spiro atoms. The van der Waals surface area contributed by atoms with Crippen molar-refractivity contribution in [2.24, 2.45) is 0 Å². The van der Waals surface area contributed by atoms with Crippen LogP contribution < -0.4 is 4.72 Å². The van der Waals surface area contributed by atoms with E-state index in [1.165, 1.54) is 19.3 Å². The molecule has 2 aliphatic rings. The van der Waals surface area contributed by atoms with E-state index in [2.05, 4.69) is 16.5 Å². The molecule has 0 amide bonds. The molecule has 2 fully saturated rings. The molecule has 0 aromatic carbocycles. The predicted octanol–water partition coefficient (Wildman–Crippen LogP) is 1.18. The summed E-state index contributed by atoms with van der Waals surface area (Å²) >= 11 is 0. The normalized spacial score (nSPS) is 27.5. The molecule has 2 heterocycles. The Morgan fingerprint density at radius 1 is 1.05 bits per heavy atom. The van der Waals surface area contributed by atoms with Crippen LogP contribution in [0, 0.1) is 0 Å². The van der Waals surface area contributed by atoms with E-state index in [-0.39, 0.29) is 0 Å². The number of piperidine rings is 2. The highest BCUT2D eigenvalue weighted by Crippen LogP contribution is 2.15. The van der Waals surface area contributed by atoms with Gasteiger partial charge in [0.25, 0.3) is 10.2 Å². The third-order valence-electron chi connectivity index (χ3n) is 4.28. The molecule has 5 nitrogen and oxygen atoms in total. The van der Waals surface area contributed by atoms with Gasteiger partial charge in [0.15, 0.2) is 0 Å². The minimum absolute atomic E-state index is 0.531. The van der Waals surface area contributed by atoms with Gasteiger partial charge in [0, 0.05) is 32.2 Å². The van der Waals surface area contributed by atoms with Crippen LogP contribution in [0.15, 0.2) is 0 Å². The summed E-state index contributed by atoms with van der Waals surface area (Å²) in [5.74, 6) is 0. The highest BCUT2D eigenvalue weighted by molar-refractivity contribution is 7.87. The Morgan fingerprint density at radius 2 is 1.74 bits per heavy atom. The van der Waals surface area contributed by atoms with Crippen molar-refractivity contribution in [3.8, 4) is 0 Å². The fourth-order valence-electron chi connectivity index (χ4n) is 3.00. The smallest absolute Gasteiger partial charge is 0.279 e. The van der Waals surface area contributed by atoms with E-state index in [0.717, 1.165) is 32.4 Å². The highest BCUT2D eigenvalue weighted by Gasteiger charge is 2.24. The Labute approximate surface area is 117 Å². The summed E-state index contributed by atoms with van der Waals surface area (Å²) in [6, 6.07) is 0.591. The van der Waals surface area contributed by atoms with Gasteiger partial charge in [-0.05, 0) is 39.2 Å². The molecule has 19 heavy (non-hydrogen) atoms. The van der Waals surface area contributed by atoms with E-state index in [1.807, 2.05) is 0 Å². The zero-order valence-electron chi connectivity index (χ0n) is 12.0. The van der Waals surface area contributed by atoms with E-state index in [0.29, 0.717) is 25.7 Å². The van der Waals surface area contributed by atoms with Crippen molar-refractivity contribution in [1.82, 2.24) is 13.9 Å². The number of rotatable bonds is 5. The molecule has 0 bridgehead atoms. The molecule has 6 heteroatoms. The molecule has 112 valence electrons. The molecular weight excluding hydrogens is 262 g/mol. The quantitative estimate of drug-likeness (QED) is 0.827. The molecule has 1 atom stereocenters. The minimum atomic E-state index is -3.24. The summed E-state index contributed by atoms with van der Waals surface area (Å²) in [5.41, 5.74) is 0. The van der Waals surface area contributed by atoms with Gasteiger partial charge in [-0.1, -0.05) is 12.8 Å². The zero-order chi connectivity index (χ0) is 13.7. The summed E-state index contributed by atoms with van der Waals surface area (Å²) in [6.07, 6.45) is 6.91. The van der Waals surface area contributed by atoms with Crippen molar-refractivity contribution < 1.29 is 8.42 Å². The van der Waals surface area contributed by atoms with Crippen LogP contribution in [0.5, 0.6) is 0 Å². The molecule has 0 aliphatic carbocycles. The Balaban J connectivity index is 1.74. The SMILES string of the molecule is C[C@H]1CCCCN1CCNS(=O)(=O)N1CCCCC1. The Morgan fingerprint density at radius 3 is 2.42 bits per heavy atom. The maximum Gasteiger partial charge on any atom is 0.279 e. The van der Waals surface area contributed by atoms with Crippen LogP contribution in [0.3, 0.4) is 0 Å². The van der Waals surface area contributed by atoms with Gasteiger partial charge in [-0.15, -0.1) is 0 Å². The molecule has 0 saturated carbocycles. The summed E-state index contributed by atoms with van der Waals surface area (Å²) < 4.78 is 28.6. The van der Waals surface area contributed by atoms with Crippen molar-refractivity contribution in [2.75, 3.05) is 32.7 Å². The molecule has 2 rings (SSSR count). The molecule has 0 aromatic rings. The average Bonchev–Trinajstić information content (AvgIpc) is 2.42. The lowest BCUT2D eigenvalue weighted by atomic mass is 10.0. The van der Waals surface area contributed by atoms with E-state index in [9.17, 15) is 8.42 Å². The Kier molecular flexibility index (Phi) is 5.62. The van der Waals surface area contributed by atoms with Gasteiger partial charge in [0.1, 0.15) is 0 Å². The topological polar surface area (TPSA) is 52.7 Å². The summed E-state index contributed by atoms with van der Waals surface area (Å²) in [5, 5.41) is 0. The van der Waals surface area contributed by atoms with Crippen LogP contribution in [-0.2, 0) is 10.2 Å². The monoisotopic (exact) mass is 289 g/mol. The van der Waals surface area contributed by atoms with Gasteiger partial charge in [-0.2, -0.15) is 12.7 Å². The van der Waals surface area contributed by atoms with Crippen molar-refractivity contribution in [1.29, 1.82) is 0 Å². The molecule has 0 radical (unpaired) electrons. The van der Waals surface area contributed by atoms with Crippen LogP contribution in [0.4, 0.5) is 0 Å². The van der Waals surface area contributed by atoms with Gasteiger partial charge in [0.05, 0.1) is 0 Å². The number of hydrogen-bond donors (Lipinski definition) is 1. The number of likely N-dealkylation sites (tertiary alicyclic amines) is 1. The number of nitrogens with zero attached hydrogens (tertiary/aromatic N) is 2. The van der Waals surface area contributed by atoms with Gasteiger partial charge in [-0.25, -0.2) is 4.72 Å². The van der Waals surface area contributed by atoms with Crippen molar-refractivity contribution in [3.63, 3.8) is 0 Å². The largest absolute Gasteiger partial charge is 0.299 e. The van der Waals surface area contributed by atoms with Crippen molar-refractivity contribution >= 4 is 10.2 Å². The third-order valence-corrected chi connectivity index (χ3v) is 5.89. The maximum atomic E-state index is 12.1. The molecule has 1 N–H and O–H groups in total.